The molecule has 0 aromatic rings. The Balaban J connectivity index is 7.08. The number of nitrogens with one attached hydrogen (secondary N) is 1. The molecule has 0 heterocycles. The molecule has 0 aliphatic heterocycles. The van der Waals surface area contributed by atoms with E-state index in [0.717, 1.165) is 106 Å². The molecule has 0 aromatic heterocycles. The van der Waals surface area contributed by atoms with Gasteiger partial charge in [-0.25, -0.2) is 0 Å². The summed E-state index contributed by atoms with van der Waals surface area (Å²) in [7, 11) is 0. The molecule has 0 bridgehead atoms. The van der Waals surface area contributed by atoms with Crippen LogP contribution in [0.25, 0.3) is 0 Å². The Labute approximate surface area is 820 Å². The molecule has 0 radical (unpaired) electrons. The van der Waals surface area contributed by atoms with Crippen LogP contribution >= 0.6 is 70.6 Å². The van der Waals surface area contributed by atoms with Crippen LogP contribution in [0.5, 0.6) is 0 Å². The Morgan fingerprint density at radius 3 is 0.568 bits per heavy atom. The summed E-state index contributed by atoms with van der Waals surface area (Å²) in [6.07, 6.45) is 35.8. The third-order valence-electron chi connectivity index (χ3n) is 21.7. The molecule has 0 aliphatic carbocycles. The van der Waals surface area contributed by atoms with Gasteiger partial charge in [0.15, 0.2) is 0 Å². The molecule has 0 rings (SSSR count). The first-order valence-electron chi connectivity index (χ1n) is 50.0. The summed E-state index contributed by atoms with van der Waals surface area (Å²) in [5, 5.41) is 1.19. The second-order valence-electron chi connectivity index (χ2n) is 33.2. The minimum Gasteiger partial charge on any atom is -0.462 e. The fraction of sp³-hybridized carbons (Fsp3) is 0.876. The van der Waals surface area contributed by atoms with E-state index in [1.165, 1.54) is 151 Å². The monoisotopic (exact) mass is 1990 g/mol. The van der Waals surface area contributed by atoms with Crippen LogP contribution in [0, 0.1) is 0 Å². The molecule has 0 saturated heterocycles. The Bertz CT molecular complexity index is 2890. The van der Waals surface area contributed by atoms with Crippen molar-refractivity contribution < 1.29 is 114 Å². The molecule has 0 saturated carbocycles. The van der Waals surface area contributed by atoms with Crippen LogP contribution in [0.2, 0.25) is 0 Å². The Morgan fingerprint density at radius 2 is 0.371 bits per heavy atom. The van der Waals surface area contributed by atoms with Gasteiger partial charge in [-0.3, -0.25) is 57.5 Å². The van der Waals surface area contributed by atoms with E-state index in [-0.39, 0.29) is 215 Å². The number of thioether (sulfide) groups is 6. The largest absolute Gasteiger partial charge is 0.462 e. The molecule has 6 unspecified atom stereocenters. The van der Waals surface area contributed by atoms with Gasteiger partial charge in [-0.15, -0.1) is 58.8 Å². The van der Waals surface area contributed by atoms with Crippen LogP contribution in [-0.4, -0.2) is 329 Å². The van der Waals surface area contributed by atoms with Crippen molar-refractivity contribution in [3.05, 3.63) is 0 Å². The van der Waals surface area contributed by atoms with Crippen molar-refractivity contribution in [2.75, 3.05) is 206 Å². The van der Waals surface area contributed by atoms with Gasteiger partial charge in [-0.1, -0.05) is 195 Å². The van der Waals surface area contributed by atoms with Crippen molar-refractivity contribution in [3.63, 3.8) is 0 Å². The van der Waals surface area contributed by atoms with Gasteiger partial charge in [-0.05, 0) is 109 Å². The molecule has 0 aliphatic rings. The smallest absolute Gasteiger partial charge is 0.318 e. The molecule has 29 nitrogen and oxygen atoms in total. The van der Waals surface area contributed by atoms with E-state index < -0.39 is 58.3 Å². The summed E-state index contributed by atoms with van der Waals surface area (Å²) in [4.78, 5) is 165. The minimum atomic E-state index is -0.569. The number of nitrogens with zero attached hydrogens (tertiary/aromatic N) is 4. The van der Waals surface area contributed by atoms with Crippen molar-refractivity contribution >= 4 is 142 Å². The SMILES string of the molecule is CCCCCCCCSC(C)C(=O)OCCOC(=O)CCN(CCNCCN(CCC(=O)OCCOC(=O)C(C)SCCCCCCCC)CCN(CCC(=O)OCCOC(=O)C(C)SCCCCCCCC)CCN(CCC(=O)OCCOC(=O)C(C)SC)CCC(=O)OCCOC(=O)C(C)SCCCCCCCC)CCC(=O)OCCOC(=O)C(C)SCCCCCCCC. The summed E-state index contributed by atoms with van der Waals surface area (Å²) in [5.74, 6) is -1.39. The first-order valence-corrected chi connectivity index (χ1v) is 56.5. The van der Waals surface area contributed by atoms with Crippen molar-refractivity contribution in [3.8, 4) is 0 Å². The number of esters is 12. The second-order valence-corrected chi connectivity index (χ2v) is 41.6. The summed E-state index contributed by atoms with van der Waals surface area (Å²) in [6.45, 7) is 23.8. The maximum absolute atomic E-state index is 13.7. The van der Waals surface area contributed by atoms with E-state index in [2.05, 4.69) is 44.8 Å². The van der Waals surface area contributed by atoms with E-state index in [9.17, 15) is 57.5 Å². The van der Waals surface area contributed by atoms with Crippen LogP contribution in [-0.2, 0) is 114 Å². The molecule has 1 N–H and O–H groups in total. The van der Waals surface area contributed by atoms with Crippen LogP contribution in [0.3, 0.4) is 0 Å². The molecular weight excluding hydrogens is 1810 g/mol. The molecular formula is C97H177N5O24S6. The highest BCUT2D eigenvalue weighted by molar-refractivity contribution is 8.01. The molecule has 0 aromatic carbocycles. The van der Waals surface area contributed by atoms with Gasteiger partial charge in [-0.2, -0.15) is 11.8 Å². The van der Waals surface area contributed by atoms with E-state index >= 15 is 0 Å². The number of hydrogen-bond donors (Lipinski definition) is 1. The molecule has 0 spiro atoms. The van der Waals surface area contributed by atoms with Crippen molar-refractivity contribution in [2.45, 2.75) is 339 Å². The lowest BCUT2D eigenvalue weighted by atomic mass is 10.1. The quantitative estimate of drug-likeness (QED) is 0.0336. The first kappa shape index (κ1) is 128. The van der Waals surface area contributed by atoms with Crippen LogP contribution in [0.1, 0.15) is 307 Å². The predicted octanol–water partition coefficient (Wildman–Crippen LogP) is 16.8. The van der Waals surface area contributed by atoms with Crippen molar-refractivity contribution in [1.29, 1.82) is 0 Å². The molecule has 6 atom stereocenters. The van der Waals surface area contributed by atoms with E-state index in [1.807, 2.05) is 35.5 Å². The van der Waals surface area contributed by atoms with Gasteiger partial charge in [0.05, 0.1) is 70.0 Å². The van der Waals surface area contributed by atoms with E-state index in [4.69, 9.17) is 56.8 Å². The highest BCUT2D eigenvalue weighted by Gasteiger charge is 2.25. The standard InChI is InChI=1S/C97H177N5O24S6/c1-13-18-23-28-33-38-75-128-81(7)93(110)122-70-64-116-86(103)43-51-99(52-44-87(104)117-65-71-123-94(111)82(8)129-76-39-34-29-24-19-14-2)57-49-98-50-58-101(55-47-90(107)119-67-73-125-96(113)84(10)131-78-41-36-31-26-21-16-4)60-62-102(56-48-91(108)120-68-74-126-97(114)85(11)132-79-42-37-32-27-22-17-5)61-59-100(53-45-88(105)115-63-69-121-92(109)80(6)127-12)54-46-89(106)118-66-72-124-95(112)83(9)130-77-40-35-30-25-20-15-3/h80-85,98H,13-79H2,1-12H3. The normalized spacial score (nSPS) is 12.8. The topological polar surface area (TPSA) is 341 Å². The minimum absolute atomic E-state index is 0.0443. The molecule has 35 heteroatoms. The molecule has 770 valence electrons. The highest BCUT2D eigenvalue weighted by Crippen LogP contribution is 2.22. The third kappa shape index (κ3) is 79.5. The fourth-order valence-electron chi connectivity index (χ4n) is 13.1. The van der Waals surface area contributed by atoms with Crippen LogP contribution in [0.4, 0.5) is 0 Å². The highest BCUT2D eigenvalue weighted by atomic mass is 32.2. The van der Waals surface area contributed by atoms with Gasteiger partial charge in [0.2, 0.25) is 0 Å². The third-order valence-corrected chi connectivity index (χ3v) is 28.7. The fourth-order valence-corrected chi connectivity index (χ4v) is 18.0. The van der Waals surface area contributed by atoms with Gasteiger partial charge in [0.1, 0.15) is 79.3 Å². The molecule has 0 fully saturated rings. The number of carbonyl (C=O) groups is 12. The van der Waals surface area contributed by atoms with Gasteiger partial charge >= 0.3 is 71.6 Å². The Morgan fingerprint density at radius 1 is 0.212 bits per heavy atom. The van der Waals surface area contributed by atoms with Gasteiger partial charge < -0.3 is 81.8 Å². The van der Waals surface area contributed by atoms with Crippen molar-refractivity contribution in [1.82, 2.24) is 24.9 Å². The van der Waals surface area contributed by atoms with E-state index in [1.54, 1.807) is 62.3 Å². The average molecular weight is 1990 g/mol. The zero-order valence-electron chi connectivity index (χ0n) is 83.4. The maximum Gasteiger partial charge on any atom is 0.318 e. The van der Waals surface area contributed by atoms with Gasteiger partial charge in [0, 0.05) is 91.6 Å². The second kappa shape index (κ2) is 91.6. The zero-order valence-corrected chi connectivity index (χ0v) is 88.3. The number of rotatable bonds is 95. The summed E-state index contributed by atoms with van der Waals surface area (Å²) >= 11 is 9.04. The Hall–Kier alpha value is -4.46. The number of unbranched alkanes of at least 4 members (excludes halogenated alkanes) is 25. The predicted molar refractivity (Wildman–Crippen MR) is 537 cm³/mol. The summed E-state index contributed by atoms with van der Waals surface area (Å²) in [5.41, 5.74) is 0. The molecule has 132 heavy (non-hydrogen) atoms. The Kier molecular flexibility index (Phi) is 88.5. The van der Waals surface area contributed by atoms with Crippen LogP contribution in [0.15, 0.2) is 0 Å². The zero-order chi connectivity index (χ0) is 97.5. The molecule has 0 amide bonds. The maximum atomic E-state index is 13.7. The lowest BCUT2D eigenvalue weighted by Gasteiger charge is -2.30. The summed E-state index contributed by atoms with van der Waals surface area (Å²) in [6, 6.07) is 0. The van der Waals surface area contributed by atoms with Gasteiger partial charge in [0.25, 0.3) is 0 Å². The number of ether oxygens (including phenoxy) is 12. The lowest BCUT2D eigenvalue weighted by Crippen LogP contribution is -2.44. The average Bonchev–Trinajstić information content (AvgIpc) is 0.920. The van der Waals surface area contributed by atoms with Crippen molar-refractivity contribution in [2.24, 2.45) is 0 Å². The first-order chi connectivity index (χ1) is 63.8. The summed E-state index contributed by atoms with van der Waals surface area (Å²) < 4.78 is 66.1. The lowest BCUT2D eigenvalue weighted by molar-refractivity contribution is -0.152. The van der Waals surface area contributed by atoms with E-state index in [0.29, 0.717) is 39.3 Å². The van der Waals surface area contributed by atoms with Crippen LogP contribution < -0.4 is 5.32 Å². The number of carbonyl (C=O) groups excluding carboxylic acids is 12. The number of hydrogen-bond acceptors (Lipinski definition) is 35.